The minimum absolute atomic E-state index is 0.135. The highest BCUT2D eigenvalue weighted by Gasteiger charge is 2.39. The molecule has 0 aromatic heterocycles. The molecule has 4 atom stereocenters. The van der Waals surface area contributed by atoms with Gasteiger partial charge in [0.2, 0.25) is 0 Å². The molecule has 0 spiro atoms. The SMILES string of the molecule is Cc1ccc(C(N)C(C)N2CCC3CCCCC32)cc1. The smallest absolute Gasteiger partial charge is 0.0450 e. The Bertz CT molecular complexity index is 439. The van der Waals surface area contributed by atoms with Crippen molar-refractivity contribution in [1.82, 2.24) is 4.90 Å². The first-order chi connectivity index (χ1) is 9.66. The van der Waals surface area contributed by atoms with Crippen LogP contribution in [0.1, 0.15) is 56.2 Å². The molecule has 20 heavy (non-hydrogen) atoms. The van der Waals surface area contributed by atoms with Crippen molar-refractivity contribution in [2.75, 3.05) is 6.54 Å². The van der Waals surface area contributed by atoms with E-state index in [1.165, 1.54) is 49.8 Å². The fraction of sp³-hybridized carbons (Fsp3) is 0.667. The van der Waals surface area contributed by atoms with Gasteiger partial charge in [-0.05, 0) is 51.1 Å². The molecule has 2 N–H and O–H groups in total. The van der Waals surface area contributed by atoms with Crippen LogP contribution in [0.2, 0.25) is 0 Å². The van der Waals surface area contributed by atoms with Gasteiger partial charge < -0.3 is 5.73 Å². The standard InChI is InChI=1S/C18H28N2/c1-13-7-9-16(10-8-13)18(19)14(2)20-12-11-15-5-3-4-6-17(15)20/h7-10,14-15,17-18H,3-6,11-12,19H2,1-2H3. The third-order valence-electron chi connectivity index (χ3n) is 5.56. The number of nitrogens with zero attached hydrogens (tertiary/aromatic N) is 1. The highest BCUT2D eigenvalue weighted by molar-refractivity contribution is 5.25. The average molecular weight is 272 g/mol. The molecule has 1 saturated heterocycles. The number of benzene rings is 1. The summed E-state index contributed by atoms with van der Waals surface area (Å²) in [5, 5.41) is 0. The second kappa shape index (κ2) is 5.87. The van der Waals surface area contributed by atoms with Gasteiger partial charge in [0.25, 0.3) is 0 Å². The van der Waals surface area contributed by atoms with Crippen molar-refractivity contribution in [2.45, 2.75) is 64.1 Å². The first-order valence-electron chi connectivity index (χ1n) is 8.24. The summed E-state index contributed by atoms with van der Waals surface area (Å²) in [4.78, 5) is 2.70. The lowest BCUT2D eigenvalue weighted by atomic mass is 9.84. The Morgan fingerprint density at radius 3 is 2.55 bits per heavy atom. The minimum atomic E-state index is 0.135. The Morgan fingerprint density at radius 2 is 1.80 bits per heavy atom. The van der Waals surface area contributed by atoms with E-state index in [4.69, 9.17) is 5.73 Å². The van der Waals surface area contributed by atoms with Gasteiger partial charge in [0, 0.05) is 18.1 Å². The van der Waals surface area contributed by atoms with Crippen LogP contribution in [0.15, 0.2) is 24.3 Å². The number of fused-ring (bicyclic) bond motifs is 1. The van der Waals surface area contributed by atoms with Crippen molar-refractivity contribution in [3.05, 3.63) is 35.4 Å². The first-order valence-corrected chi connectivity index (χ1v) is 8.24. The maximum Gasteiger partial charge on any atom is 0.0450 e. The summed E-state index contributed by atoms with van der Waals surface area (Å²) in [5.74, 6) is 0.941. The molecule has 2 fully saturated rings. The lowest BCUT2D eigenvalue weighted by Gasteiger charge is -2.38. The second-order valence-corrected chi connectivity index (χ2v) is 6.82. The molecule has 0 radical (unpaired) electrons. The van der Waals surface area contributed by atoms with Crippen molar-refractivity contribution >= 4 is 0 Å². The van der Waals surface area contributed by atoms with Crippen LogP contribution in [0.25, 0.3) is 0 Å². The quantitative estimate of drug-likeness (QED) is 0.910. The van der Waals surface area contributed by atoms with E-state index in [0.29, 0.717) is 6.04 Å². The van der Waals surface area contributed by atoms with Gasteiger partial charge in [0.1, 0.15) is 0 Å². The van der Waals surface area contributed by atoms with Crippen molar-refractivity contribution in [3.63, 3.8) is 0 Å². The van der Waals surface area contributed by atoms with Gasteiger partial charge in [-0.3, -0.25) is 4.90 Å². The van der Waals surface area contributed by atoms with Crippen LogP contribution in [-0.4, -0.2) is 23.5 Å². The Balaban J connectivity index is 1.71. The van der Waals surface area contributed by atoms with Crippen molar-refractivity contribution in [2.24, 2.45) is 11.7 Å². The number of aryl methyl sites for hydroxylation is 1. The summed E-state index contributed by atoms with van der Waals surface area (Å²) >= 11 is 0. The number of rotatable bonds is 3. The summed E-state index contributed by atoms with van der Waals surface area (Å²) in [6, 6.07) is 10.1. The summed E-state index contributed by atoms with van der Waals surface area (Å²) in [7, 11) is 0. The summed E-state index contributed by atoms with van der Waals surface area (Å²) in [6.45, 7) is 5.70. The van der Waals surface area contributed by atoms with Gasteiger partial charge in [-0.1, -0.05) is 42.7 Å². The summed E-state index contributed by atoms with van der Waals surface area (Å²) in [6.07, 6.45) is 7.05. The molecular weight excluding hydrogens is 244 g/mol. The Kier molecular flexibility index (Phi) is 4.13. The van der Waals surface area contributed by atoms with E-state index in [0.717, 1.165) is 12.0 Å². The number of hydrogen-bond donors (Lipinski definition) is 1. The van der Waals surface area contributed by atoms with Crippen LogP contribution in [-0.2, 0) is 0 Å². The van der Waals surface area contributed by atoms with Crippen LogP contribution in [0, 0.1) is 12.8 Å². The fourth-order valence-electron chi connectivity index (χ4n) is 4.22. The van der Waals surface area contributed by atoms with Gasteiger partial charge in [-0.25, -0.2) is 0 Å². The molecule has 1 aromatic carbocycles. The van der Waals surface area contributed by atoms with Crippen LogP contribution in [0.4, 0.5) is 0 Å². The van der Waals surface area contributed by atoms with Crippen LogP contribution < -0.4 is 5.73 Å². The molecule has 2 nitrogen and oxygen atoms in total. The first kappa shape index (κ1) is 14.1. The molecule has 1 heterocycles. The zero-order valence-electron chi connectivity index (χ0n) is 12.9. The molecule has 2 aliphatic rings. The van der Waals surface area contributed by atoms with Crippen molar-refractivity contribution < 1.29 is 0 Å². The molecule has 1 aromatic rings. The Morgan fingerprint density at radius 1 is 1.10 bits per heavy atom. The maximum absolute atomic E-state index is 6.55. The number of hydrogen-bond acceptors (Lipinski definition) is 2. The minimum Gasteiger partial charge on any atom is -0.323 e. The normalized spacial score (nSPS) is 29.9. The van der Waals surface area contributed by atoms with Gasteiger partial charge in [-0.2, -0.15) is 0 Å². The molecule has 0 amide bonds. The zero-order chi connectivity index (χ0) is 14.1. The lowest BCUT2D eigenvalue weighted by molar-refractivity contribution is 0.125. The third kappa shape index (κ3) is 2.64. The third-order valence-corrected chi connectivity index (χ3v) is 5.56. The largest absolute Gasteiger partial charge is 0.323 e. The molecule has 4 unspecified atom stereocenters. The van der Waals surface area contributed by atoms with Crippen molar-refractivity contribution in [3.8, 4) is 0 Å². The predicted molar refractivity (Wildman–Crippen MR) is 84.6 cm³/mol. The van der Waals surface area contributed by atoms with Crippen LogP contribution in [0.5, 0.6) is 0 Å². The molecule has 3 rings (SSSR count). The van der Waals surface area contributed by atoms with E-state index in [1.54, 1.807) is 0 Å². The lowest BCUT2D eigenvalue weighted by Crippen LogP contribution is -2.45. The molecule has 1 aliphatic carbocycles. The molecular formula is C18H28N2. The zero-order valence-corrected chi connectivity index (χ0v) is 12.9. The van der Waals surface area contributed by atoms with Crippen molar-refractivity contribution in [1.29, 1.82) is 0 Å². The maximum atomic E-state index is 6.55. The average Bonchev–Trinajstić information content (AvgIpc) is 2.90. The topological polar surface area (TPSA) is 29.3 Å². The highest BCUT2D eigenvalue weighted by Crippen LogP contribution is 2.38. The van der Waals surface area contributed by atoms with E-state index in [1.807, 2.05) is 0 Å². The number of likely N-dealkylation sites (tertiary alicyclic amines) is 1. The van der Waals surface area contributed by atoms with E-state index in [2.05, 4.69) is 43.0 Å². The monoisotopic (exact) mass is 272 g/mol. The molecule has 1 saturated carbocycles. The Hall–Kier alpha value is -0.860. The fourth-order valence-corrected chi connectivity index (χ4v) is 4.22. The van der Waals surface area contributed by atoms with Gasteiger partial charge in [0.15, 0.2) is 0 Å². The van der Waals surface area contributed by atoms with E-state index in [-0.39, 0.29) is 6.04 Å². The molecule has 0 bridgehead atoms. The second-order valence-electron chi connectivity index (χ2n) is 6.82. The molecule has 1 aliphatic heterocycles. The Labute approximate surface area is 123 Å². The summed E-state index contributed by atoms with van der Waals surface area (Å²) in [5.41, 5.74) is 9.14. The van der Waals surface area contributed by atoms with Gasteiger partial charge in [-0.15, -0.1) is 0 Å². The highest BCUT2D eigenvalue weighted by atomic mass is 15.2. The van der Waals surface area contributed by atoms with Gasteiger partial charge in [0.05, 0.1) is 0 Å². The van der Waals surface area contributed by atoms with Gasteiger partial charge >= 0.3 is 0 Å². The predicted octanol–water partition coefficient (Wildman–Crippen LogP) is 3.65. The van der Waals surface area contributed by atoms with Crippen LogP contribution in [0.3, 0.4) is 0 Å². The summed E-state index contributed by atoms with van der Waals surface area (Å²) < 4.78 is 0. The molecule has 110 valence electrons. The number of nitrogens with two attached hydrogens (primary N) is 1. The van der Waals surface area contributed by atoms with E-state index < -0.39 is 0 Å². The van der Waals surface area contributed by atoms with E-state index >= 15 is 0 Å². The molecule has 2 heteroatoms. The van der Waals surface area contributed by atoms with E-state index in [9.17, 15) is 0 Å². The van der Waals surface area contributed by atoms with Crippen LogP contribution >= 0.6 is 0 Å².